The Morgan fingerprint density at radius 3 is 2.68 bits per heavy atom. The fourth-order valence-corrected chi connectivity index (χ4v) is 3.91. The van der Waals surface area contributed by atoms with E-state index >= 15 is 0 Å². The summed E-state index contributed by atoms with van der Waals surface area (Å²) in [5.41, 5.74) is 3.77. The smallest absolute Gasteiger partial charge is 0.135 e. The van der Waals surface area contributed by atoms with Crippen molar-refractivity contribution in [3.8, 4) is 5.75 Å². The van der Waals surface area contributed by atoms with Crippen molar-refractivity contribution >= 4 is 5.82 Å². The highest BCUT2D eigenvalue weighted by Crippen LogP contribution is 2.30. The third kappa shape index (κ3) is 3.46. The summed E-state index contributed by atoms with van der Waals surface area (Å²) in [6.07, 6.45) is 10.7. The van der Waals surface area contributed by atoms with Gasteiger partial charge < -0.3 is 9.64 Å². The van der Waals surface area contributed by atoms with Gasteiger partial charge in [0.05, 0.1) is 0 Å². The Hall–Kier alpha value is -2.17. The molecule has 5 heteroatoms. The van der Waals surface area contributed by atoms with Crippen LogP contribution in [0.25, 0.3) is 0 Å². The predicted octanol–water partition coefficient (Wildman–Crippen LogP) is 3.42. The normalized spacial score (nSPS) is 18.1. The molecule has 4 rings (SSSR count). The summed E-state index contributed by atoms with van der Waals surface area (Å²) in [6.45, 7) is 6.06. The Morgan fingerprint density at radius 2 is 1.88 bits per heavy atom. The quantitative estimate of drug-likeness (QED) is 0.858. The molecule has 0 saturated carbocycles. The molecule has 1 saturated heterocycles. The highest BCUT2D eigenvalue weighted by Gasteiger charge is 2.26. The van der Waals surface area contributed by atoms with Crippen molar-refractivity contribution in [3.05, 3.63) is 41.1 Å². The second-order valence-electron chi connectivity index (χ2n) is 7.17. The lowest BCUT2D eigenvalue weighted by Gasteiger charge is -2.35. The maximum atomic E-state index is 6.21. The van der Waals surface area contributed by atoms with Crippen molar-refractivity contribution in [2.24, 2.45) is 0 Å². The van der Waals surface area contributed by atoms with Crippen molar-refractivity contribution in [2.75, 3.05) is 18.0 Å². The van der Waals surface area contributed by atoms with E-state index in [9.17, 15) is 0 Å². The molecule has 0 atom stereocenters. The molecule has 0 bridgehead atoms. The average molecular weight is 338 g/mol. The summed E-state index contributed by atoms with van der Waals surface area (Å²) in [6, 6.07) is 1.96. The molecule has 25 heavy (non-hydrogen) atoms. The van der Waals surface area contributed by atoms with Crippen LogP contribution >= 0.6 is 0 Å². The number of aromatic nitrogens is 3. The number of rotatable bonds is 3. The summed E-state index contributed by atoms with van der Waals surface area (Å²) in [7, 11) is 0. The van der Waals surface area contributed by atoms with Crippen LogP contribution in [0, 0.1) is 13.8 Å². The predicted molar refractivity (Wildman–Crippen MR) is 98.2 cm³/mol. The maximum Gasteiger partial charge on any atom is 0.135 e. The highest BCUT2D eigenvalue weighted by molar-refractivity contribution is 5.50. The first kappa shape index (κ1) is 16.3. The largest absolute Gasteiger partial charge is 0.490 e. The van der Waals surface area contributed by atoms with E-state index in [2.05, 4.69) is 14.9 Å². The first-order valence-corrected chi connectivity index (χ1v) is 9.39. The summed E-state index contributed by atoms with van der Waals surface area (Å²) in [5.74, 6) is 3.05. The Kier molecular flexibility index (Phi) is 4.55. The van der Waals surface area contributed by atoms with Crippen molar-refractivity contribution in [1.29, 1.82) is 0 Å². The second-order valence-corrected chi connectivity index (χ2v) is 7.17. The van der Waals surface area contributed by atoms with Gasteiger partial charge >= 0.3 is 0 Å². The fraction of sp³-hybridized carbons (Fsp3) is 0.550. The molecule has 2 aliphatic rings. The zero-order chi connectivity index (χ0) is 17.2. The molecule has 0 unspecified atom stereocenters. The van der Waals surface area contributed by atoms with E-state index in [0.717, 1.165) is 55.9 Å². The van der Waals surface area contributed by atoms with Crippen LogP contribution in [-0.4, -0.2) is 34.1 Å². The van der Waals surface area contributed by atoms with E-state index in [0.29, 0.717) is 0 Å². The van der Waals surface area contributed by atoms with Crippen molar-refractivity contribution in [1.82, 2.24) is 15.0 Å². The molecule has 1 aliphatic carbocycles. The molecule has 0 radical (unpaired) electrons. The van der Waals surface area contributed by atoms with Gasteiger partial charge in [0, 0.05) is 55.1 Å². The number of hydrogen-bond acceptors (Lipinski definition) is 5. The van der Waals surface area contributed by atoms with Crippen LogP contribution in [0.1, 0.15) is 48.3 Å². The monoisotopic (exact) mass is 338 g/mol. The number of aryl methyl sites for hydroxylation is 3. The summed E-state index contributed by atoms with van der Waals surface area (Å²) >= 11 is 0. The van der Waals surface area contributed by atoms with Crippen LogP contribution in [0.3, 0.4) is 0 Å². The van der Waals surface area contributed by atoms with Gasteiger partial charge in [0.15, 0.2) is 0 Å². The van der Waals surface area contributed by atoms with Crippen LogP contribution in [0.2, 0.25) is 0 Å². The number of pyridine rings is 1. The standard InChI is InChI=1S/C20H26N4O/c1-14-13-21-10-7-19(14)25-16-8-11-24(12-9-16)20-17-5-3-4-6-18(17)22-15(2)23-20/h7,10,13,16H,3-6,8-9,11-12H2,1-2H3. The van der Waals surface area contributed by atoms with Gasteiger partial charge in [0.1, 0.15) is 23.5 Å². The van der Waals surface area contributed by atoms with Crippen LogP contribution in [-0.2, 0) is 12.8 Å². The molecule has 1 aliphatic heterocycles. The molecule has 2 aromatic heterocycles. The molecule has 2 aromatic rings. The number of hydrogen-bond donors (Lipinski definition) is 0. The first-order chi connectivity index (χ1) is 12.2. The number of piperidine rings is 1. The van der Waals surface area contributed by atoms with Gasteiger partial charge in [0.25, 0.3) is 0 Å². The van der Waals surface area contributed by atoms with Gasteiger partial charge in [-0.05, 0) is 45.6 Å². The second kappa shape index (κ2) is 6.98. The number of nitrogens with zero attached hydrogens (tertiary/aromatic N) is 4. The number of ether oxygens (including phenoxy) is 1. The zero-order valence-electron chi connectivity index (χ0n) is 15.2. The van der Waals surface area contributed by atoms with Crippen LogP contribution < -0.4 is 9.64 Å². The van der Waals surface area contributed by atoms with E-state index in [4.69, 9.17) is 9.72 Å². The summed E-state index contributed by atoms with van der Waals surface area (Å²) in [4.78, 5) is 16.1. The molecule has 0 N–H and O–H groups in total. The highest BCUT2D eigenvalue weighted by atomic mass is 16.5. The first-order valence-electron chi connectivity index (χ1n) is 9.39. The number of fused-ring (bicyclic) bond motifs is 1. The van der Waals surface area contributed by atoms with E-state index in [1.165, 1.54) is 29.9 Å². The lowest BCUT2D eigenvalue weighted by atomic mass is 9.95. The van der Waals surface area contributed by atoms with Gasteiger partial charge in [-0.3, -0.25) is 4.98 Å². The SMILES string of the molecule is Cc1nc2c(c(N3CCC(Oc4ccncc4C)CC3)n1)CCCC2. The molecular formula is C20H26N4O. The van der Waals surface area contributed by atoms with Crippen LogP contribution in [0.4, 0.5) is 5.82 Å². The Labute approximate surface area is 149 Å². The molecule has 132 valence electrons. The molecule has 0 spiro atoms. The summed E-state index contributed by atoms with van der Waals surface area (Å²) < 4.78 is 6.21. The third-order valence-corrected chi connectivity index (χ3v) is 5.28. The lowest BCUT2D eigenvalue weighted by molar-refractivity contribution is 0.169. The minimum absolute atomic E-state index is 0.274. The minimum atomic E-state index is 0.274. The minimum Gasteiger partial charge on any atom is -0.490 e. The Balaban J connectivity index is 1.46. The third-order valence-electron chi connectivity index (χ3n) is 5.28. The van der Waals surface area contributed by atoms with E-state index in [1.807, 2.05) is 26.1 Å². The van der Waals surface area contributed by atoms with E-state index in [-0.39, 0.29) is 6.10 Å². The topological polar surface area (TPSA) is 51.1 Å². The molecule has 0 aromatic carbocycles. The average Bonchev–Trinajstić information content (AvgIpc) is 2.63. The van der Waals surface area contributed by atoms with Crippen molar-refractivity contribution in [3.63, 3.8) is 0 Å². The zero-order valence-corrected chi connectivity index (χ0v) is 15.2. The molecule has 5 nitrogen and oxygen atoms in total. The van der Waals surface area contributed by atoms with Crippen molar-refractivity contribution < 1.29 is 4.74 Å². The maximum absolute atomic E-state index is 6.21. The van der Waals surface area contributed by atoms with Crippen molar-refractivity contribution in [2.45, 2.75) is 58.5 Å². The number of anilines is 1. The van der Waals surface area contributed by atoms with Gasteiger partial charge in [-0.25, -0.2) is 9.97 Å². The van der Waals surface area contributed by atoms with E-state index in [1.54, 1.807) is 6.20 Å². The molecular weight excluding hydrogens is 312 g/mol. The van der Waals surface area contributed by atoms with Gasteiger partial charge in [-0.2, -0.15) is 0 Å². The Morgan fingerprint density at radius 1 is 1.08 bits per heavy atom. The fourth-order valence-electron chi connectivity index (χ4n) is 3.91. The molecule has 3 heterocycles. The molecule has 1 fully saturated rings. The van der Waals surface area contributed by atoms with Crippen LogP contribution in [0.5, 0.6) is 5.75 Å². The Bertz CT molecular complexity index is 753. The molecule has 0 amide bonds. The van der Waals surface area contributed by atoms with Gasteiger partial charge in [0.2, 0.25) is 0 Å². The van der Waals surface area contributed by atoms with E-state index < -0.39 is 0 Å². The van der Waals surface area contributed by atoms with Gasteiger partial charge in [-0.15, -0.1) is 0 Å². The van der Waals surface area contributed by atoms with Crippen LogP contribution in [0.15, 0.2) is 18.5 Å². The summed E-state index contributed by atoms with van der Waals surface area (Å²) in [5, 5.41) is 0. The lowest BCUT2D eigenvalue weighted by Crippen LogP contribution is -2.39. The van der Waals surface area contributed by atoms with Gasteiger partial charge in [-0.1, -0.05) is 0 Å².